The first-order chi connectivity index (χ1) is 12.8. The minimum absolute atomic E-state index is 0.238. The summed E-state index contributed by atoms with van der Waals surface area (Å²) in [5.74, 6) is 0.238. The molecule has 0 saturated carbocycles. The molecule has 4 rings (SSSR count). The van der Waals surface area contributed by atoms with Crippen LogP contribution in [0.5, 0.6) is 0 Å². The first-order valence-electron chi connectivity index (χ1n) is 9.06. The predicted octanol–water partition coefficient (Wildman–Crippen LogP) is 1.85. The first-order valence-corrected chi connectivity index (χ1v) is 10.8. The quantitative estimate of drug-likeness (QED) is 0.777. The maximum atomic E-state index is 12.4. The molecule has 2 saturated heterocycles. The standard InChI is InChI=1S/C18H24N4O2S2/c23-18(22-7-9-24-10-8-22)13-21-5-3-20(4-6-21)12-17-19-15(14-26-17)16-2-1-11-25-16/h1-2,11,14H,3-10,12-13H2. The number of rotatable bonds is 5. The number of thiophene rings is 1. The van der Waals surface area contributed by atoms with Crippen molar-refractivity contribution in [3.05, 3.63) is 27.9 Å². The Morgan fingerprint density at radius 2 is 1.85 bits per heavy atom. The Morgan fingerprint density at radius 3 is 2.58 bits per heavy atom. The zero-order chi connectivity index (χ0) is 17.8. The van der Waals surface area contributed by atoms with Gasteiger partial charge in [0.25, 0.3) is 0 Å². The maximum absolute atomic E-state index is 12.4. The molecule has 0 aromatic carbocycles. The van der Waals surface area contributed by atoms with Gasteiger partial charge < -0.3 is 9.64 Å². The highest BCUT2D eigenvalue weighted by Crippen LogP contribution is 2.26. The molecule has 2 fully saturated rings. The van der Waals surface area contributed by atoms with Gasteiger partial charge in [-0.15, -0.1) is 22.7 Å². The molecular weight excluding hydrogens is 368 g/mol. The molecule has 6 nitrogen and oxygen atoms in total. The van der Waals surface area contributed by atoms with Gasteiger partial charge in [-0.2, -0.15) is 0 Å². The lowest BCUT2D eigenvalue weighted by Gasteiger charge is -2.35. The van der Waals surface area contributed by atoms with E-state index in [4.69, 9.17) is 9.72 Å². The van der Waals surface area contributed by atoms with E-state index < -0.39 is 0 Å². The molecule has 0 spiro atoms. The summed E-state index contributed by atoms with van der Waals surface area (Å²) in [4.78, 5) is 25.0. The van der Waals surface area contributed by atoms with Gasteiger partial charge in [-0.25, -0.2) is 4.98 Å². The van der Waals surface area contributed by atoms with E-state index in [1.54, 1.807) is 22.7 Å². The number of thiazole rings is 1. The largest absolute Gasteiger partial charge is 0.378 e. The fourth-order valence-corrected chi connectivity index (χ4v) is 4.92. The van der Waals surface area contributed by atoms with Crippen LogP contribution in [0.25, 0.3) is 10.6 Å². The molecule has 140 valence electrons. The average molecular weight is 393 g/mol. The highest BCUT2D eigenvalue weighted by molar-refractivity contribution is 7.14. The molecule has 0 bridgehead atoms. The smallest absolute Gasteiger partial charge is 0.236 e. The van der Waals surface area contributed by atoms with Crippen LogP contribution in [0, 0.1) is 0 Å². The molecule has 0 atom stereocenters. The lowest BCUT2D eigenvalue weighted by Crippen LogP contribution is -2.51. The van der Waals surface area contributed by atoms with E-state index >= 15 is 0 Å². The fourth-order valence-electron chi connectivity index (χ4n) is 3.32. The Kier molecular flexibility index (Phi) is 5.96. The molecule has 26 heavy (non-hydrogen) atoms. The van der Waals surface area contributed by atoms with Crippen LogP contribution in [0.4, 0.5) is 0 Å². The number of aromatic nitrogens is 1. The van der Waals surface area contributed by atoms with Crippen LogP contribution in [0.3, 0.4) is 0 Å². The van der Waals surface area contributed by atoms with Gasteiger partial charge in [0.2, 0.25) is 5.91 Å². The molecule has 0 unspecified atom stereocenters. The highest BCUT2D eigenvalue weighted by atomic mass is 32.1. The Labute approximate surface area is 162 Å². The molecule has 0 radical (unpaired) electrons. The van der Waals surface area contributed by atoms with E-state index in [0.29, 0.717) is 19.8 Å². The molecule has 4 heterocycles. The number of nitrogens with zero attached hydrogens (tertiary/aromatic N) is 4. The van der Waals surface area contributed by atoms with E-state index in [1.807, 2.05) is 4.90 Å². The van der Waals surface area contributed by atoms with Crippen molar-refractivity contribution in [2.24, 2.45) is 0 Å². The lowest BCUT2D eigenvalue weighted by molar-refractivity contribution is -0.136. The summed E-state index contributed by atoms with van der Waals surface area (Å²) in [7, 11) is 0. The van der Waals surface area contributed by atoms with Gasteiger partial charge in [-0.05, 0) is 11.4 Å². The summed E-state index contributed by atoms with van der Waals surface area (Å²) in [6.07, 6.45) is 0. The van der Waals surface area contributed by atoms with Crippen LogP contribution < -0.4 is 0 Å². The van der Waals surface area contributed by atoms with E-state index in [0.717, 1.165) is 51.5 Å². The third-order valence-corrected chi connectivity index (χ3v) is 6.60. The van der Waals surface area contributed by atoms with Crippen LogP contribution in [0.2, 0.25) is 0 Å². The molecule has 8 heteroatoms. The number of amides is 1. The van der Waals surface area contributed by atoms with Crippen LogP contribution in [0.1, 0.15) is 5.01 Å². The van der Waals surface area contributed by atoms with Crippen molar-refractivity contribution in [1.29, 1.82) is 0 Å². The Bertz CT molecular complexity index is 705. The molecule has 2 aliphatic rings. The first kappa shape index (κ1) is 18.1. The zero-order valence-corrected chi connectivity index (χ0v) is 16.4. The third kappa shape index (κ3) is 4.50. The lowest BCUT2D eigenvalue weighted by atomic mass is 10.3. The predicted molar refractivity (Wildman–Crippen MR) is 105 cm³/mol. The van der Waals surface area contributed by atoms with Crippen LogP contribution in [-0.4, -0.2) is 84.6 Å². The van der Waals surface area contributed by atoms with Gasteiger partial charge in [-0.1, -0.05) is 6.07 Å². The minimum Gasteiger partial charge on any atom is -0.378 e. The van der Waals surface area contributed by atoms with Crippen molar-refractivity contribution >= 4 is 28.6 Å². The monoisotopic (exact) mass is 392 g/mol. The second kappa shape index (κ2) is 8.58. The molecule has 2 aromatic heterocycles. The number of carbonyl (C=O) groups is 1. The van der Waals surface area contributed by atoms with Gasteiger partial charge in [-0.3, -0.25) is 14.6 Å². The number of carbonyl (C=O) groups excluding carboxylic acids is 1. The normalized spacial score (nSPS) is 19.8. The molecule has 0 aliphatic carbocycles. The number of ether oxygens (including phenoxy) is 1. The summed E-state index contributed by atoms with van der Waals surface area (Å²) in [6.45, 7) is 8.11. The number of hydrogen-bond acceptors (Lipinski definition) is 7. The van der Waals surface area contributed by atoms with Gasteiger partial charge in [0.15, 0.2) is 0 Å². The molecule has 2 aromatic rings. The second-order valence-electron chi connectivity index (χ2n) is 6.65. The summed E-state index contributed by atoms with van der Waals surface area (Å²) >= 11 is 3.47. The van der Waals surface area contributed by atoms with Gasteiger partial charge in [0, 0.05) is 44.6 Å². The molecule has 0 N–H and O–H groups in total. The van der Waals surface area contributed by atoms with Crippen molar-refractivity contribution < 1.29 is 9.53 Å². The number of piperazine rings is 1. The zero-order valence-electron chi connectivity index (χ0n) is 14.8. The van der Waals surface area contributed by atoms with Gasteiger partial charge >= 0.3 is 0 Å². The van der Waals surface area contributed by atoms with Gasteiger partial charge in [0.05, 0.1) is 36.9 Å². The summed E-state index contributed by atoms with van der Waals surface area (Å²) in [6, 6.07) is 4.18. The minimum atomic E-state index is 0.238. The van der Waals surface area contributed by atoms with Gasteiger partial charge in [0.1, 0.15) is 5.01 Å². The molecule has 1 amide bonds. The molecular formula is C18H24N4O2S2. The van der Waals surface area contributed by atoms with Crippen LogP contribution in [-0.2, 0) is 16.1 Å². The van der Waals surface area contributed by atoms with E-state index in [1.165, 1.54) is 9.88 Å². The highest BCUT2D eigenvalue weighted by Gasteiger charge is 2.23. The Morgan fingerprint density at radius 1 is 1.08 bits per heavy atom. The van der Waals surface area contributed by atoms with Crippen molar-refractivity contribution in [3.63, 3.8) is 0 Å². The number of hydrogen-bond donors (Lipinski definition) is 0. The number of morpholine rings is 1. The maximum Gasteiger partial charge on any atom is 0.236 e. The van der Waals surface area contributed by atoms with Crippen LogP contribution in [0.15, 0.2) is 22.9 Å². The topological polar surface area (TPSA) is 48.9 Å². The summed E-state index contributed by atoms with van der Waals surface area (Å²) in [5.41, 5.74) is 1.09. The Balaban J connectivity index is 1.23. The van der Waals surface area contributed by atoms with E-state index in [-0.39, 0.29) is 5.91 Å². The van der Waals surface area contributed by atoms with Crippen molar-refractivity contribution in [1.82, 2.24) is 19.7 Å². The average Bonchev–Trinajstić information content (AvgIpc) is 3.36. The van der Waals surface area contributed by atoms with Crippen molar-refractivity contribution in [2.75, 3.05) is 59.0 Å². The summed E-state index contributed by atoms with van der Waals surface area (Å²) in [5, 5.41) is 5.41. The van der Waals surface area contributed by atoms with Crippen molar-refractivity contribution in [3.8, 4) is 10.6 Å². The van der Waals surface area contributed by atoms with E-state index in [9.17, 15) is 4.79 Å². The summed E-state index contributed by atoms with van der Waals surface area (Å²) < 4.78 is 5.32. The fraction of sp³-hybridized carbons (Fsp3) is 0.556. The van der Waals surface area contributed by atoms with Crippen LogP contribution >= 0.6 is 22.7 Å². The second-order valence-corrected chi connectivity index (χ2v) is 8.54. The third-order valence-electron chi connectivity index (χ3n) is 4.87. The SMILES string of the molecule is O=C(CN1CCN(Cc2nc(-c3cccs3)cs2)CC1)N1CCOCC1. The Hall–Kier alpha value is -1.32. The van der Waals surface area contributed by atoms with E-state index in [2.05, 4.69) is 32.7 Å². The molecule has 2 aliphatic heterocycles. The van der Waals surface area contributed by atoms with Crippen molar-refractivity contribution in [2.45, 2.75) is 6.54 Å².